The van der Waals surface area contributed by atoms with Crippen LogP contribution in [0.2, 0.25) is 0 Å². The van der Waals surface area contributed by atoms with E-state index in [4.69, 9.17) is 9.15 Å². The predicted molar refractivity (Wildman–Crippen MR) is 83.8 cm³/mol. The SMILES string of the molecule is CCOC(=O)c1cc(=O)c2cc(-c3cc(F)c(F)c(F)c3)ccc2o1. The van der Waals surface area contributed by atoms with Crippen LogP contribution in [0.1, 0.15) is 17.5 Å². The molecule has 1 heterocycles. The summed E-state index contributed by atoms with van der Waals surface area (Å²) in [5, 5.41) is 0.107. The van der Waals surface area contributed by atoms with E-state index in [0.717, 1.165) is 18.2 Å². The molecule has 0 radical (unpaired) electrons. The molecule has 0 unspecified atom stereocenters. The van der Waals surface area contributed by atoms with Gasteiger partial charge in [-0.1, -0.05) is 6.07 Å². The first-order valence-electron chi connectivity index (χ1n) is 7.30. The standard InChI is InChI=1S/C18H11F3O4/c1-2-24-18(23)16-8-14(22)11-5-9(3-4-15(11)25-16)10-6-12(19)17(21)13(20)7-10/h3-8H,2H2,1H3. The average Bonchev–Trinajstić information content (AvgIpc) is 2.59. The molecule has 25 heavy (non-hydrogen) atoms. The van der Waals surface area contributed by atoms with Gasteiger partial charge in [-0.05, 0) is 42.3 Å². The van der Waals surface area contributed by atoms with Crippen LogP contribution in [-0.4, -0.2) is 12.6 Å². The van der Waals surface area contributed by atoms with Gasteiger partial charge in [0.2, 0.25) is 5.76 Å². The second-order valence-corrected chi connectivity index (χ2v) is 5.16. The summed E-state index contributed by atoms with van der Waals surface area (Å²) in [6.07, 6.45) is 0. The van der Waals surface area contributed by atoms with Gasteiger partial charge < -0.3 is 9.15 Å². The summed E-state index contributed by atoms with van der Waals surface area (Å²) in [6, 6.07) is 6.81. The Hall–Kier alpha value is -3.09. The lowest BCUT2D eigenvalue weighted by Crippen LogP contribution is -2.10. The molecule has 4 nitrogen and oxygen atoms in total. The van der Waals surface area contributed by atoms with Gasteiger partial charge in [0.1, 0.15) is 5.58 Å². The van der Waals surface area contributed by atoms with E-state index in [-0.39, 0.29) is 28.9 Å². The second kappa shape index (κ2) is 6.43. The Bertz CT molecular complexity index is 1020. The lowest BCUT2D eigenvalue weighted by molar-refractivity contribution is 0.0490. The third-order valence-electron chi connectivity index (χ3n) is 3.52. The normalized spacial score (nSPS) is 10.9. The molecule has 1 aromatic heterocycles. The number of benzene rings is 2. The summed E-state index contributed by atoms with van der Waals surface area (Å²) in [4.78, 5) is 23.9. The number of carbonyl (C=O) groups excluding carboxylic acids is 1. The largest absolute Gasteiger partial charge is 0.460 e. The lowest BCUT2D eigenvalue weighted by Gasteiger charge is -2.06. The molecule has 3 rings (SSSR count). The number of esters is 1. The number of carbonyl (C=O) groups is 1. The molecule has 128 valence electrons. The van der Waals surface area contributed by atoms with E-state index in [9.17, 15) is 22.8 Å². The number of fused-ring (bicyclic) bond motifs is 1. The van der Waals surface area contributed by atoms with Crippen molar-refractivity contribution in [3.05, 3.63) is 69.8 Å². The fourth-order valence-corrected chi connectivity index (χ4v) is 2.36. The fraction of sp³-hybridized carbons (Fsp3) is 0.111. The van der Waals surface area contributed by atoms with Crippen LogP contribution in [0.25, 0.3) is 22.1 Å². The molecule has 2 aromatic carbocycles. The van der Waals surface area contributed by atoms with E-state index < -0.39 is 28.8 Å². The van der Waals surface area contributed by atoms with Crippen molar-refractivity contribution in [1.82, 2.24) is 0 Å². The number of hydrogen-bond acceptors (Lipinski definition) is 4. The summed E-state index contributed by atoms with van der Waals surface area (Å²) in [7, 11) is 0. The fourth-order valence-electron chi connectivity index (χ4n) is 2.36. The highest BCUT2D eigenvalue weighted by atomic mass is 19.2. The van der Waals surface area contributed by atoms with Crippen LogP contribution in [0.3, 0.4) is 0 Å². The zero-order valence-electron chi connectivity index (χ0n) is 12.9. The third-order valence-corrected chi connectivity index (χ3v) is 3.52. The van der Waals surface area contributed by atoms with Crippen LogP contribution in [0.15, 0.2) is 45.6 Å². The highest BCUT2D eigenvalue weighted by Crippen LogP contribution is 2.26. The van der Waals surface area contributed by atoms with Crippen LogP contribution in [0.5, 0.6) is 0 Å². The van der Waals surface area contributed by atoms with Crippen molar-refractivity contribution < 1.29 is 27.1 Å². The van der Waals surface area contributed by atoms with Gasteiger partial charge in [0.15, 0.2) is 22.9 Å². The molecule has 0 N–H and O–H groups in total. The highest BCUT2D eigenvalue weighted by Gasteiger charge is 2.15. The Labute approximate surface area is 139 Å². The van der Waals surface area contributed by atoms with E-state index in [1.807, 2.05) is 0 Å². The van der Waals surface area contributed by atoms with E-state index in [1.54, 1.807) is 6.92 Å². The predicted octanol–water partition coefficient (Wildman–Crippen LogP) is 4.05. The molecule has 0 saturated carbocycles. The zero-order valence-corrected chi connectivity index (χ0v) is 12.9. The minimum Gasteiger partial charge on any atom is -0.460 e. The van der Waals surface area contributed by atoms with Gasteiger partial charge in [0.25, 0.3) is 0 Å². The van der Waals surface area contributed by atoms with Crippen molar-refractivity contribution in [1.29, 1.82) is 0 Å². The summed E-state index contributed by atoms with van der Waals surface area (Å²) < 4.78 is 49.9. The van der Waals surface area contributed by atoms with Gasteiger partial charge in [-0.2, -0.15) is 0 Å². The molecule has 0 atom stereocenters. The molecule has 0 aliphatic carbocycles. The maximum absolute atomic E-state index is 13.4. The maximum Gasteiger partial charge on any atom is 0.374 e. The molecule has 3 aromatic rings. The Balaban J connectivity index is 2.12. The van der Waals surface area contributed by atoms with E-state index in [0.29, 0.717) is 5.56 Å². The topological polar surface area (TPSA) is 56.5 Å². The van der Waals surface area contributed by atoms with Crippen LogP contribution < -0.4 is 5.43 Å². The van der Waals surface area contributed by atoms with Gasteiger partial charge >= 0.3 is 5.97 Å². The van der Waals surface area contributed by atoms with Gasteiger partial charge in [-0.15, -0.1) is 0 Å². The lowest BCUT2D eigenvalue weighted by atomic mass is 10.0. The monoisotopic (exact) mass is 348 g/mol. The van der Waals surface area contributed by atoms with Crippen LogP contribution >= 0.6 is 0 Å². The number of rotatable bonds is 3. The van der Waals surface area contributed by atoms with Crippen molar-refractivity contribution in [2.24, 2.45) is 0 Å². The quantitative estimate of drug-likeness (QED) is 0.529. The summed E-state index contributed by atoms with van der Waals surface area (Å²) in [6.45, 7) is 1.74. The van der Waals surface area contributed by atoms with Crippen molar-refractivity contribution in [3.8, 4) is 11.1 Å². The molecule has 0 saturated heterocycles. The van der Waals surface area contributed by atoms with Crippen molar-refractivity contribution in [2.45, 2.75) is 6.92 Å². The summed E-state index contributed by atoms with van der Waals surface area (Å²) in [5.74, 6) is -5.25. The Morgan fingerprint density at radius 3 is 2.36 bits per heavy atom. The molecule has 0 spiro atoms. The van der Waals surface area contributed by atoms with Crippen LogP contribution in [0, 0.1) is 17.5 Å². The van der Waals surface area contributed by atoms with Crippen LogP contribution in [0.4, 0.5) is 13.2 Å². The summed E-state index contributed by atoms with van der Waals surface area (Å²) >= 11 is 0. The third kappa shape index (κ3) is 3.13. The highest BCUT2D eigenvalue weighted by molar-refractivity contribution is 5.90. The minimum atomic E-state index is -1.57. The maximum atomic E-state index is 13.4. The molecule has 0 aliphatic heterocycles. The van der Waals surface area contributed by atoms with E-state index >= 15 is 0 Å². The van der Waals surface area contributed by atoms with Gasteiger partial charge in [-0.25, -0.2) is 18.0 Å². The number of ether oxygens (including phenoxy) is 1. The number of halogens is 3. The molecule has 0 fully saturated rings. The Kier molecular flexibility index (Phi) is 4.31. The molecular weight excluding hydrogens is 337 g/mol. The average molecular weight is 348 g/mol. The summed E-state index contributed by atoms with van der Waals surface area (Å²) in [5.41, 5.74) is -0.0507. The van der Waals surface area contributed by atoms with Crippen molar-refractivity contribution >= 4 is 16.9 Å². The van der Waals surface area contributed by atoms with Crippen molar-refractivity contribution in [3.63, 3.8) is 0 Å². The van der Waals surface area contributed by atoms with Gasteiger partial charge in [0, 0.05) is 6.07 Å². The van der Waals surface area contributed by atoms with E-state index in [2.05, 4.69) is 0 Å². The first-order valence-corrected chi connectivity index (χ1v) is 7.30. The smallest absolute Gasteiger partial charge is 0.374 e. The first kappa shape index (κ1) is 16.8. The molecule has 0 aliphatic rings. The van der Waals surface area contributed by atoms with Crippen molar-refractivity contribution in [2.75, 3.05) is 6.61 Å². The Morgan fingerprint density at radius 2 is 1.72 bits per heavy atom. The Morgan fingerprint density at radius 1 is 1.04 bits per heavy atom. The second-order valence-electron chi connectivity index (χ2n) is 5.16. The molecule has 0 bridgehead atoms. The molecule has 7 heteroatoms. The molecule has 0 amide bonds. The zero-order chi connectivity index (χ0) is 18.1. The first-order chi connectivity index (χ1) is 11.9. The van der Waals surface area contributed by atoms with Crippen LogP contribution in [-0.2, 0) is 4.74 Å². The molecular formula is C18H11F3O4. The van der Waals surface area contributed by atoms with Gasteiger partial charge in [0.05, 0.1) is 12.0 Å². The van der Waals surface area contributed by atoms with E-state index in [1.165, 1.54) is 18.2 Å². The minimum absolute atomic E-state index is 0.0622. The van der Waals surface area contributed by atoms with Gasteiger partial charge in [-0.3, -0.25) is 4.79 Å². The number of hydrogen-bond donors (Lipinski definition) is 0.